The van der Waals surface area contributed by atoms with Gasteiger partial charge >= 0.3 is 0 Å². The number of hydrogen-bond donors (Lipinski definition) is 1. The van der Waals surface area contributed by atoms with Gasteiger partial charge in [0.1, 0.15) is 0 Å². The molecule has 1 aliphatic heterocycles. The van der Waals surface area contributed by atoms with Gasteiger partial charge in [0, 0.05) is 25.6 Å². The molecule has 0 aromatic heterocycles. The minimum Gasteiger partial charge on any atom is -0.338 e. The highest BCUT2D eigenvalue weighted by Crippen LogP contribution is 2.18. The van der Waals surface area contributed by atoms with Crippen LogP contribution in [0.2, 0.25) is 0 Å². The SMILES string of the molecule is CC1CC(=O)N(C(C)CN)C1. The number of hydrogen-bond acceptors (Lipinski definition) is 2. The van der Waals surface area contributed by atoms with Gasteiger partial charge < -0.3 is 10.6 Å². The molecule has 0 aliphatic carbocycles. The van der Waals surface area contributed by atoms with E-state index in [-0.39, 0.29) is 11.9 Å². The van der Waals surface area contributed by atoms with E-state index in [1.165, 1.54) is 0 Å². The fourth-order valence-electron chi connectivity index (χ4n) is 1.47. The molecule has 0 aromatic carbocycles. The Morgan fingerprint density at radius 2 is 2.45 bits per heavy atom. The van der Waals surface area contributed by atoms with Crippen LogP contribution in [0.3, 0.4) is 0 Å². The van der Waals surface area contributed by atoms with Gasteiger partial charge in [-0.15, -0.1) is 0 Å². The number of likely N-dealkylation sites (tertiary alicyclic amines) is 1. The number of nitrogens with zero attached hydrogens (tertiary/aromatic N) is 1. The summed E-state index contributed by atoms with van der Waals surface area (Å²) in [4.78, 5) is 13.1. The van der Waals surface area contributed by atoms with E-state index in [0.29, 0.717) is 18.9 Å². The molecule has 2 unspecified atom stereocenters. The predicted octanol–water partition coefficient (Wildman–Crippen LogP) is 0.202. The van der Waals surface area contributed by atoms with E-state index < -0.39 is 0 Å². The van der Waals surface area contributed by atoms with Crippen LogP contribution in [0.5, 0.6) is 0 Å². The lowest BCUT2D eigenvalue weighted by molar-refractivity contribution is -0.129. The summed E-state index contributed by atoms with van der Waals surface area (Å²) in [5, 5.41) is 0. The van der Waals surface area contributed by atoms with Gasteiger partial charge in [0.15, 0.2) is 0 Å². The first kappa shape index (κ1) is 8.53. The molecule has 1 amide bonds. The molecule has 64 valence electrons. The highest BCUT2D eigenvalue weighted by molar-refractivity contribution is 5.78. The third-order valence-corrected chi connectivity index (χ3v) is 2.22. The van der Waals surface area contributed by atoms with Crippen molar-refractivity contribution in [3.05, 3.63) is 0 Å². The topological polar surface area (TPSA) is 46.3 Å². The third kappa shape index (κ3) is 1.71. The molecule has 0 bridgehead atoms. The summed E-state index contributed by atoms with van der Waals surface area (Å²) in [5.74, 6) is 0.770. The van der Waals surface area contributed by atoms with Crippen LogP contribution in [-0.2, 0) is 4.79 Å². The first-order chi connectivity index (χ1) is 5.15. The van der Waals surface area contributed by atoms with Crippen molar-refractivity contribution in [3.63, 3.8) is 0 Å². The maximum absolute atomic E-state index is 11.3. The van der Waals surface area contributed by atoms with Crippen LogP contribution in [-0.4, -0.2) is 29.9 Å². The van der Waals surface area contributed by atoms with Gasteiger partial charge in [-0.2, -0.15) is 0 Å². The van der Waals surface area contributed by atoms with E-state index in [1.54, 1.807) is 0 Å². The van der Waals surface area contributed by atoms with Crippen LogP contribution >= 0.6 is 0 Å². The molecule has 3 nitrogen and oxygen atoms in total. The van der Waals surface area contributed by atoms with Crippen LogP contribution in [0, 0.1) is 5.92 Å². The van der Waals surface area contributed by atoms with Crippen LogP contribution in [0.25, 0.3) is 0 Å². The van der Waals surface area contributed by atoms with E-state index in [0.717, 1.165) is 6.54 Å². The molecule has 1 rings (SSSR count). The second-order valence-electron chi connectivity index (χ2n) is 3.44. The van der Waals surface area contributed by atoms with Crippen LogP contribution in [0.4, 0.5) is 0 Å². The summed E-state index contributed by atoms with van der Waals surface area (Å²) in [6.07, 6.45) is 0.699. The second-order valence-corrected chi connectivity index (χ2v) is 3.44. The number of carbonyl (C=O) groups excluding carboxylic acids is 1. The maximum Gasteiger partial charge on any atom is 0.223 e. The highest BCUT2D eigenvalue weighted by atomic mass is 16.2. The fraction of sp³-hybridized carbons (Fsp3) is 0.875. The Morgan fingerprint density at radius 3 is 2.82 bits per heavy atom. The molecule has 3 heteroatoms. The molecular formula is C8H16N2O. The lowest BCUT2D eigenvalue weighted by Gasteiger charge is -2.22. The Bertz CT molecular complexity index is 158. The number of carbonyl (C=O) groups is 1. The summed E-state index contributed by atoms with van der Waals surface area (Å²) in [6.45, 7) is 5.55. The first-order valence-electron chi connectivity index (χ1n) is 4.14. The Balaban J connectivity index is 2.52. The lowest BCUT2D eigenvalue weighted by Crippen LogP contribution is -2.39. The van der Waals surface area contributed by atoms with Gasteiger partial charge in [-0.1, -0.05) is 6.92 Å². The van der Waals surface area contributed by atoms with Crippen molar-refractivity contribution in [1.29, 1.82) is 0 Å². The minimum atomic E-state index is 0.215. The molecule has 1 aliphatic rings. The van der Waals surface area contributed by atoms with Crippen molar-refractivity contribution < 1.29 is 4.79 Å². The monoisotopic (exact) mass is 156 g/mol. The van der Waals surface area contributed by atoms with E-state index in [2.05, 4.69) is 6.92 Å². The van der Waals surface area contributed by atoms with Crippen molar-refractivity contribution in [2.75, 3.05) is 13.1 Å². The maximum atomic E-state index is 11.3. The van der Waals surface area contributed by atoms with Crippen molar-refractivity contribution in [2.45, 2.75) is 26.3 Å². The number of amides is 1. The summed E-state index contributed by atoms with van der Waals surface area (Å²) in [5.41, 5.74) is 5.47. The van der Waals surface area contributed by atoms with E-state index >= 15 is 0 Å². The highest BCUT2D eigenvalue weighted by Gasteiger charge is 2.28. The van der Waals surface area contributed by atoms with Crippen molar-refractivity contribution >= 4 is 5.91 Å². The van der Waals surface area contributed by atoms with E-state index in [9.17, 15) is 4.79 Å². The average molecular weight is 156 g/mol. The standard InChI is InChI=1S/C8H16N2O/c1-6-3-8(11)10(5-6)7(2)4-9/h6-7H,3-5,9H2,1-2H3. The quantitative estimate of drug-likeness (QED) is 0.621. The molecule has 0 spiro atoms. The smallest absolute Gasteiger partial charge is 0.223 e. The van der Waals surface area contributed by atoms with Gasteiger partial charge in [0.05, 0.1) is 0 Å². The van der Waals surface area contributed by atoms with Gasteiger partial charge in [0.25, 0.3) is 0 Å². The summed E-state index contributed by atoms with van der Waals surface area (Å²) < 4.78 is 0. The molecular weight excluding hydrogens is 140 g/mol. The summed E-state index contributed by atoms with van der Waals surface area (Å²) in [7, 11) is 0. The van der Waals surface area contributed by atoms with Crippen molar-refractivity contribution in [1.82, 2.24) is 4.90 Å². The first-order valence-corrected chi connectivity index (χ1v) is 4.14. The Morgan fingerprint density at radius 1 is 1.82 bits per heavy atom. The van der Waals surface area contributed by atoms with E-state index in [4.69, 9.17) is 5.73 Å². The predicted molar refractivity (Wildman–Crippen MR) is 44.0 cm³/mol. The van der Waals surface area contributed by atoms with Gasteiger partial charge in [-0.05, 0) is 12.8 Å². The van der Waals surface area contributed by atoms with Gasteiger partial charge in [0.2, 0.25) is 5.91 Å². The van der Waals surface area contributed by atoms with Gasteiger partial charge in [-0.3, -0.25) is 4.79 Å². The van der Waals surface area contributed by atoms with E-state index in [1.807, 2.05) is 11.8 Å². The summed E-state index contributed by atoms with van der Waals surface area (Å²) in [6, 6.07) is 0.215. The van der Waals surface area contributed by atoms with Crippen LogP contribution in [0.1, 0.15) is 20.3 Å². The summed E-state index contributed by atoms with van der Waals surface area (Å²) >= 11 is 0. The molecule has 0 aromatic rings. The average Bonchev–Trinajstić information content (AvgIpc) is 2.28. The molecule has 1 heterocycles. The Hall–Kier alpha value is -0.570. The zero-order valence-corrected chi connectivity index (χ0v) is 7.21. The second kappa shape index (κ2) is 3.22. The fourth-order valence-corrected chi connectivity index (χ4v) is 1.47. The van der Waals surface area contributed by atoms with Crippen molar-refractivity contribution in [2.24, 2.45) is 11.7 Å². The molecule has 11 heavy (non-hydrogen) atoms. The zero-order valence-electron chi connectivity index (χ0n) is 7.21. The molecule has 1 saturated heterocycles. The number of nitrogens with two attached hydrogens (primary N) is 1. The molecule has 1 fully saturated rings. The molecule has 0 saturated carbocycles. The van der Waals surface area contributed by atoms with Gasteiger partial charge in [-0.25, -0.2) is 0 Å². The van der Waals surface area contributed by atoms with Crippen molar-refractivity contribution in [3.8, 4) is 0 Å². The zero-order chi connectivity index (χ0) is 8.43. The molecule has 2 atom stereocenters. The lowest BCUT2D eigenvalue weighted by atomic mass is 10.2. The molecule has 0 radical (unpaired) electrons. The third-order valence-electron chi connectivity index (χ3n) is 2.22. The van der Waals surface area contributed by atoms with Crippen LogP contribution < -0.4 is 5.73 Å². The number of rotatable bonds is 2. The Kier molecular flexibility index (Phi) is 2.49. The normalized spacial score (nSPS) is 27.7. The van der Waals surface area contributed by atoms with Crippen LogP contribution in [0.15, 0.2) is 0 Å². The minimum absolute atomic E-state index is 0.215. The largest absolute Gasteiger partial charge is 0.338 e. The molecule has 2 N–H and O–H groups in total. The Labute approximate surface area is 67.5 Å².